The molecular weight excluding hydrogens is 184 g/mol. The van der Waals surface area contributed by atoms with Crippen LogP contribution in [0.4, 0.5) is 4.79 Å². The van der Waals surface area contributed by atoms with Crippen molar-refractivity contribution in [3.8, 4) is 5.75 Å². The lowest BCUT2D eigenvalue weighted by molar-refractivity contribution is 0.143. The summed E-state index contributed by atoms with van der Waals surface area (Å²) in [5.41, 5.74) is 0.815. The summed E-state index contributed by atoms with van der Waals surface area (Å²) in [4.78, 5) is 10.4. The van der Waals surface area contributed by atoms with Crippen molar-refractivity contribution in [1.29, 1.82) is 0 Å². The fourth-order valence-corrected chi connectivity index (χ4v) is 0.995. The Morgan fingerprint density at radius 2 is 2.07 bits per heavy atom. The average molecular weight is 196 g/mol. The monoisotopic (exact) mass is 196 g/mol. The van der Waals surface area contributed by atoms with Gasteiger partial charge in [-0.15, -0.1) is 0 Å². The Hall–Kier alpha value is -1.75. The van der Waals surface area contributed by atoms with Gasteiger partial charge in [-0.1, -0.05) is 12.1 Å². The lowest BCUT2D eigenvalue weighted by Crippen LogP contribution is -2.35. The van der Waals surface area contributed by atoms with Crippen LogP contribution in [0.25, 0.3) is 0 Å². The zero-order valence-electron chi connectivity index (χ0n) is 7.80. The number of carbonyl (C=O) groups is 1. The number of hydrogen-bond donors (Lipinski definition) is 2. The van der Waals surface area contributed by atoms with E-state index in [1.54, 1.807) is 31.4 Å². The second-order valence-corrected chi connectivity index (χ2v) is 2.76. The lowest BCUT2D eigenvalue weighted by atomic mass is 10.2. The number of methoxy groups -OCH3 is 1. The quantitative estimate of drug-likeness (QED) is 0.430. The molecule has 0 heterocycles. The highest BCUT2D eigenvalue weighted by Crippen LogP contribution is 2.11. The largest absolute Gasteiger partial charge is 0.497 e. The molecule has 0 aliphatic heterocycles. The maximum absolute atomic E-state index is 10.4. The maximum Gasteiger partial charge on any atom is 0.421 e. The van der Waals surface area contributed by atoms with Crippen LogP contribution in [0.2, 0.25) is 0 Å². The molecule has 1 amide bonds. The normalized spacial score (nSPS) is 9.57. The smallest absolute Gasteiger partial charge is 0.421 e. The Morgan fingerprint density at radius 3 is 2.50 bits per heavy atom. The van der Waals surface area contributed by atoms with E-state index in [9.17, 15) is 4.79 Å². The number of nitrogens with zero attached hydrogens (tertiary/aromatic N) is 1. The minimum absolute atomic E-state index is 0.166. The van der Waals surface area contributed by atoms with Crippen molar-refractivity contribution in [2.45, 2.75) is 6.54 Å². The molecule has 0 spiro atoms. The van der Waals surface area contributed by atoms with E-state index in [0.717, 1.165) is 16.3 Å². The number of hydrazine groups is 1. The van der Waals surface area contributed by atoms with Crippen molar-refractivity contribution in [2.24, 2.45) is 5.84 Å². The lowest BCUT2D eigenvalue weighted by Gasteiger charge is -2.12. The predicted molar refractivity (Wildman–Crippen MR) is 50.7 cm³/mol. The molecule has 3 N–H and O–H groups in total. The summed E-state index contributed by atoms with van der Waals surface area (Å²) in [5.74, 6) is 5.95. The number of benzene rings is 1. The average Bonchev–Trinajstić information content (AvgIpc) is 2.19. The second-order valence-electron chi connectivity index (χ2n) is 2.76. The van der Waals surface area contributed by atoms with Crippen LogP contribution in [0.3, 0.4) is 0 Å². The van der Waals surface area contributed by atoms with E-state index in [2.05, 4.69) is 0 Å². The van der Waals surface area contributed by atoms with Gasteiger partial charge in [0.15, 0.2) is 0 Å². The third kappa shape index (κ3) is 2.63. The summed E-state index contributed by atoms with van der Waals surface area (Å²) in [6.07, 6.45) is -1.15. The zero-order valence-corrected chi connectivity index (χ0v) is 7.80. The summed E-state index contributed by atoms with van der Waals surface area (Å²) in [7, 11) is 1.57. The third-order valence-electron chi connectivity index (χ3n) is 1.76. The first-order valence-electron chi connectivity index (χ1n) is 4.01. The molecule has 0 aliphatic carbocycles. The summed E-state index contributed by atoms with van der Waals surface area (Å²) in [5, 5.41) is 9.24. The highest BCUT2D eigenvalue weighted by molar-refractivity contribution is 5.64. The molecule has 0 aromatic heterocycles. The SMILES string of the molecule is COc1ccc(CN(N)C(=O)O)cc1. The fraction of sp³-hybridized carbons (Fsp3) is 0.222. The summed E-state index contributed by atoms with van der Waals surface area (Å²) in [6, 6.07) is 7.04. The molecule has 1 rings (SSSR count). The Morgan fingerprint density at radius 1 is 1.50 bits per heavy atom. The van der Waals surface area contributed by atoms with Gasteiger partial charge in [-0.2, -0.15) is 0 Å². The summed E-state index contributed by atoms with van der Waals surface area (Å²) in [6.45, 7) is 0.166. The molecule has 14 heavy (non-hydrogen) atoms. The van der Waals surface area contributed by atoms with Gasteiger partial charge in [0.25, 0.3) is 0 Å². The van der Waals surface area contributed by atoms with Gasteiger partial charge in [0.05, 0.1) is 13.7 Å². The first-order valence-corrected chi connectivity index (χ1v) is 4.01. The van der Waals surface area contributed by atoms with Crippen LogP contribution in [0.15, 0.2) is 24.3 Å². The minimum Gasteiger partial charge on any atom is -0.497 e. The summed E-state index contributed by atoms with van der Waals surface area (Å²) < 4.78 is 4.96. The number of hydrogen-bond acceptors (Lipinski definition) is 3. The Labute approximate surface area is 81.7 Å². The van der Waals surface area contributed by atoms with Crippen LogP contribution in [-0.2, 0) is 6.54 Å². The van der Waals surface area contributed by atoms with E-state index >= 15 is 0 Å². The van der Waals surface area contributed by atoms with Crippen LogP contribution in [0.5, 0.6) is 5.75 Å². The Bertz CT molecular complexity index is 310. The van der Waals surface area contributed by atoms with Gasteiger partial charge in [-0.05, 0) is 17.7 Å². The van der Waals surface area contributed by atoms with Gasteiger partial charge in [0.2, 0.25) is 0 Å². The van der Waals surface area contributed by atoms with Crippen LogP contribution < -0.4 is 10.6 Å². The Kier molecular flexibility index (Phi) is 3.30. The molecule has 5 heteroatoms. The Balaban J connectivity index is 2.64. The predicted octanol–water partition coefficient (Wildman–Crippen LogP) is 1.05. The van der Waals surface area contributed by atoms with E-state index < -0.39 is 6.09 Å². The molecule has 0 radical (unpaired) electrons. The summed E-state index contributed by atoms with van der Waals surface area (Å²) >= 11 is 0. The fourth-order valence-electron chi connectivity index (χ4n) is 0.995. The van der Waals surface area contributed by atoms with E-state index in [4.69, 9.17) is 15.7 Å². The number of ether oxygens (including phenoxy) is 1. The number of rotatable bonds is 3. The molecule has 0 unspecified atom stereocenters. The van der Waals surface area contributed by atoms with Crippen molar-refractivity contribution < 1.29 is 14.6 Å². The standard InChI is InChI=1S/C9H12N2O3/c1-14-8-4-2-7(3-5-8)6-11(10)9(12)13/h2-5H,6,10H2,1H3,(H,12,13). The zero-order chi connectivity index (χ0) is 10.6. The van der Waals surface area contributed by atoms with Crippen LogP contribution in [0.1, 0.15) is 5.56 Å². The molecule has 0 bridgehead atoms. The first kappa shape index (κ1) is 10.3. The molecular formula is C9H12N2O3. The van der Waals surface area contributed by atoms with Crippen molar-refractivity contribution >= 4 is 6.09 Å². The van der Waals surface area contributed by atoms with Gasteiger partial charge in [0.1, 0.15) is 5.75 Å². The van der Waals surface area contributed by atoms with E-state index in [1.165, 1.54) is 0 Å². The first-order chi connectivity index (χ1) is 6.63. The van der Waals surface area contributed by atoms with E-state index in [-0.39, 0.29) is 6.54 Å². The van der Waals surface area contributed by atoms with Gasteiger partial charge >= 0.3 is 6.09 Å². The minimum atomic E-state index is -1.15. The number of nitrogens with two attached hydrogens (primary N) is 1. The van der Waals surface area contributed by atoms with Crippen molar-refractivity contribution in [2.75, 3.05) is 7.11 Å². The molecule has 1 aromatic rings. The molecule has 0 saturated heterocycles. The molecule has 0 aliphatic rings. The highest BCUT2D eigenvalue weighted by atomic mass is 16.5. The van der Waals surface area contributed by atoms with Crippen LogP contribution in [0, 0.1) is 0 Å². The van der Waals surface area contributed by atoms with Crippen molar-refractivity contribution in [3.05, 3.63) is 29.8 Å². The van der Waals surface area contributed by atoms with Crippen molar-refractivity contribution in [1.82, 2.24) is 5.01 Å². The molecule has 0 saturated carbocycles. The van der Waals surface area contributed by atoms with Gasteiger partial charge in [0, 0.05) is 0 Å². The van der Waals surface area contributed by atoms with Gasteiger partial charge in [-0.25, -0.2) is 15.6 Å². The highest BCUT2D eigenvalue weighted by Gasteiger charge is 2.06. The number of carboxylic acid groups (broad SMARTS) is 1. The van der Waals surface area contributed by atoms with Crippen LogP contribution in [-0.4, -0.2) is 23.3 Å². The second kappa shape index (κ2) is 4.48. The molecule has 76 valence electrons. The number of amides is 1. The van der Waals surface area contributed by atoms with Gasteiger partial charge < -0.3 is 9.84 Å². The van der Waals surface area contributed by atoms with Crippen molar-refractivity contribution in [3.63, 3.8) is 0 Å². The topological polar surface area (TPSA) is 75.8 Å². The molecule has 5 nitrogen and oxygen atoms in total. The third-order valence-corrected chi connectivity index (χ3v) is 1.76. The van der Waals surface area contributed by atoms with E-state index in [0.29, 0.717) is 0 Å². The van der Waals surface area contributed by atoms with Crippen LogP contribution >= 0.6 is 0 Å². The molecule has 0 atom stereocenters. The molecule has 0 fully saturated rings. The molecule has 1 aromatic carbocycles. The maximum atomic E-state index is 10.4. The van der Waals surface area contributed by atoms with E-state index in [1.807, 2.05) is 0 Å². The van der Waals surface area contributed by atoms with Gasteiger partial charge in [-0.3, -0.25) is 0 Å².